The van der Waals surface area contributed by atoms with Crippen LogP contribution < -0.4 is 5.32 Å². The van der Waals surface area contributed by atoms with Gasteiger partial charge in [0, 0.05) is 29.9 Å². The van der Waals surface area contributed by atoms with Gasteiger partial charge in [0.1, 0.15) is 6.04 Å². The van der Waals surface area contributed by atoms with E-state index in [1.54, 1.807) is 12.4 Å². The lowest BCUT2D eigenvalue weighted by atomic mass is 10.2. The second-order valence-corrected chi connectivity index (χ2v) is 8.09. The lowest BCUT2D eigenvalue weighted by Gasteiger charge is -2.20. The molecule has 23 heavy (non-hydrogen) atoms. The fraction of sp³-hybridized carbons (Fsp3) is 0.357. The highest BCUT2D eigenvalue weighted by molar-refractivity contribution is 7.88. The minimum Gasteiger partial charge on any atom is -0.301 e. The zero-order valence-electron chi connectivity index (χ0n) is 12.5. The Bertz CT molecular complexity index is 804. The van der Waals surface area contributed by atoms with Gasteiger partial charge >= 0.3 is 0 Å². The quantitative estimate of drug-likeness (QED) is 0.902. The number of carbonyl (C=O) groups is 1. The number of anilines is 1. The van der Waals surface area contributed by atoms with Gasteiger partial charge in [-0.3, -0.25) is 9.78 Å². The van der Waals surface area contributed by atoms with Crippen LogP contribution in [0.3, 0.4) is 0 Å². The lowest BCUT2D eigenvalue weighted by Crippen LogP contribution is -2.42. The van der Waals surface area contributed by atoms with E-state index in [2.05, 4.69) is 15.3 Å². The van der Waals surface area contributed by atoms with Crippen LogP contribution in [0.2, 0.25) is 0 Å². The second-order valence-electron chi connectivity index (χ2n) is 5.29. The van der Waals surface area contributed by atoms with E-state index < -0.39 is 16.1 Å². The van der Waals surface area contributed by atoms with Crippen molar-refractivity contribution in [1.82, 2.24) is 14.3 Å². The summed E-state index contributed by atoms with van der Waals surface area (Å²) in [5.41, 5.74) is 1.66. The molecule has 2 aromatic rings. The molecule has 1 saturated heterocycles. The van der Waals surface area contributed by atoms with E-state index in [9.17, 15) is 13.2 Å². The topological polar surface area (TPSA) is 92.3 Å². The monoisotopic (exact) mass is 352 g/mol. The zero-order valence-corrected chi connectivity index (χ0v) is 14.1. The summed E-state index contributed by atoms with van der Waals surface area (Å²) in [7, 11) is -3.38. The molecule has 2 aromatic heterocycles. The molecule has 7 nitrogen and oxygen atoms in total. The van der Waals surface area contributed by atoms with Gasteiger partial charge in [0.05, 0.1) is 11.9 Å². The number of carbonyl (C=O) groups excluding carboxylic acids is 1. The maximum atomic E-state index is 12.4. The molecule has 0 saturated carbocycles. The molecule has 1 aliphatic rings. The first-order valence-electron chi connectivity index (χ1n) is 7.09. The predicted molar refractivity (Wildman–Crippen MR) is 88.5 cm³/mol. The maximum Gasteiger partial charge on any atom is 0.244 e. The number of aromatic nitrogens is 2. The highest BCUT2D eigenvalue weighted by atomic mass is 32.2. The first-order chi connectivity index (χ1) is 10.9. The molecule has 1 atom stereocenters. The van der Waals surface area contributed by atoms with Crippen molar-refractivity contribution >= 4 is 32.4 Å². The molecule has 1 aliphatic heterocycles. The normalized spacial score (nSPS) is 18.9. The first kappa shape index (κ1) is 16.0. The average molecular weight is 352 g/mol. The summed E-state index contributed by atoms with van der Waals surface area (Å²) < 4.78 is 24.7. The zero-order chi connectivity index (χ0) is 16.4. The van der Waals surface area contributed by atoms with Crippen LogP contribution in [0.1, 0.15) is 12.8 Å². The van der Waals surface area contributed by atoms with Crippen LogP contribution in [0.4, 0.5) is 5.13 Å². The van der Waals surface area contributed by atoms with E-state index in [-0.39, 0.29) is 5.91 Å². The Morgan fingerprint density at radius 3 is 2.83 bits per heavy atom. The van der Waals surface area contributed by atoms with Crippen molar-refractivity contribution in [2.75, 3.05) is 18.1 Å². The summed E-state index contributed by atoms with van der Waals surface area (Å²) in [6.07, 6.45) is 5.70. The van der Waals surface area contributed by atoms with Crippen molar-refractivity contribution in [3.63, 3.8) is 0 Å². The molecule has 3 heterocycles. The first-order valence-corrected chi connectivity index (χ1v) is 9.81. The molecule has 1 N–H and O–H groups in total. The Labute approximate surface area is 138 Å². The Hall–Kier alpha value is -1.84. The van der Waals surface area contributed by atoms with E-state index in [0.717, 1.165) is 17.5 Å². The molecule has 0 bridgehead atoms. The van der Waals surface area contributed by atoms with E-state index >= 15 is 0 Å². The molecular formula is C14H16N4O3S2. The van der Waals surface area contributed by atoms with Crippen LogP contribution in [-0.2, 0) is 14.8 Å². The molecule has 122 valence electrons. The van der Waals surface area contributed by atoms with E-state index in [0.29, 0.717) is 24.5 Å². The lowest BCUT2D eigenvalue weighted by molar-refractivity contribution is -0.119. The van der Waals surface area contributed by atoms with Gasteiger partial charge < -0.3 is 5.32 Å². The molecule has 1 amide bonds. The predicted octanol–water partition coefficient (Wildman–Crippen LogP) is 1.57. The minimum atomic E-state index is -3.38. The molecule has 0 radical (unpaired) electrons. The number of thiazole rings is 1. The number of hydrogen-bond donors (Lipinski definition) is 1. The Morgan fingerprint density at radius 1 is 1.39 bits per heavy atom. The number of pyridine rings is 1. The van der Waals surface area contributed by atoms with Crippen molar-refractivity contribution in [1.29, 1.82) is 0 Å². The molecule has 0 aromatic carbocycles. The summed E-state index contributed by atoms with van der Waals surface area (Å²) in [6.45, 7) is 0.386. The number of hydrogen-bond acceptors (Lipinski definition) is 6. The van der Waals surface area contributed by atoms with Gasteiger partial charge in [0.15, 0.2) is 5.13 Å². The number of nitrogens with one attached hydrogen (secondary N) is 1. The van der Waals surface area contributed by atoms with Gasteiger partial charge in [0.25, 0.3) is 0 Å². The summed E-state index contributed by atoms with van der Waals surface area (Å²) in [5, 5.41) is 5.02. The molecule has 0 aliphatic carbocycles. The fourth-order valence-corrected chi connectivity index (χ4v) is 4.42. The average Bonchev–Trinajstić information content (AvgIpc) is 3.16. The van der Waals surface area contributed by atoms with E-state index in [1.807, 2.05) is 17.5 Å². The summed E-state index contributed by atoms with van der Waals surface area (Å²) >= 11 is 1.31. The van der Waals surface area contributed by atoms with Crippen molar-refractivity contribution in [2.24, 2.45) is 0 Å². The minimum absolute atomic E-state index is 0.330. The Kier molecular flexibility index (Phi) is 4.42. The third-order valence-electron chi connectivity index (χ3n) is 3.64. The van der Waals surface area contributed by atoms with Crippen LogP contribution in [-0.4, -0.2) is 47.4 Å². The smallest absolute Gasteiger partial charge is 0.244 e. The highest BCUT2D eigenvalue weighted by Crippen LogP contribution is 2.26. The standard InChI is InChI=1S/C14H16N4O3S2/c1-23(20,21)18-8-2-3-12(18)13(19)17-14-16-11(9-22-14)10-4-6-15-7-5-10/h4-7,9,12H,2-3,8H2,1H3,(H,16,17,19). The van der Waals surface area contributed by atoms with Crippen molar-refractivity contribution in [2.45, 2.75) is 18.9 Å². The maximum absolute atomic E-state index is 12.4. The molecule has 9 heteroatoms. The van der Waals surface area contributed by atoms with Crippen LogP contribution in [0.25, 0.3) is 11.3 Å². The second kappa shape index (κ2) is 6.34. The Balaban J connectivity index is 1.73. The van der Waals surface area contributed by atoms with Crippen molar-refractivity contribution < 1.29 is 13.2 Å². The third kappa shape index (κ3) is 3.57. The SMILES string of the molecule is CS(=O)(=O)N1CCCC1C(=O)Nc1nc(-c2ccncc2)cs1. The van der Waals surface area contributed by atoms with Crippen LogP contribution in [0.5, 0.6) is 0 Å². The van der Waals surface area contributed by atoms with Gasteiger partial charge in [-0.05, 0) is 25.0 Å². The van der Waals surface area contributed by atoms with Crippen LogP contribution in [0.15, 0.2) is 29.9 Å². The van der Waals surface area contributed by atoms with Crippen molar-refractivity contribution in [3.8, 4) is 11.3 Å². The van der Waals surface area contributed by atoms with Gasteiger partial charge in [0.2, 0.25) is 15.9 Å². The van der Waals surface area contributed by atoms with Gasteiger partial charge in [-0.25, -0.2) is 13.4 Å². The number of amides is 1. The summed E-state index contributed by atoms with van der Waals surface area (Å²) in [4.78, 5) is 20.7. The van der Waals surface area contributed by atoms with E-state index in [1.165, 1.54) is 15.6 Å². The number of sulfonamides is 1. The third-order valence-corrected chi connectivity index (χ3v) is 5.69. The largest absolute Gasteiger partial charge is 0.301 e. The fourth-order valence-electron chi connectivity index (χ4n) is 2.57. The highest BCUT2D eigenvalue weighted by Gasteiger charge is 2.36. The molecule has 0 spiro atoms. The Morgan fingerprint density at radius 2 is 2.13 bits per heavy atom. The number of rotatable bonds is 4. The van der Waals surface area contributed by atoms with Gasteiger partial charge in [-0.15, -0.1) is 11.3 Å². The summed E-state index contributed by atoms with van der Waals surface area (Å²) in [5.74, 6) is -0.330. The molecule has 3 rings (SSSR count). The van der Waals surface area contributed by atoms with Crippen LogP contribution in [0, 0.1) is 0 Å². The molecular weight excluding hydrogens is 336 g/mol. The molecule has 1 unspecified atom stereocenters. The number of nitrogens with zero attached hydrogens (tertiary/aromatic N) is 3. The van der Waals surface area contributed by atoms with Crippen molar-refractivity contribution in [3.05, 3.63) is 29.9 Å². The van der Waals surface area contributed by atoms with Gasteiger partial charge in [-0.1, -0.05) is 0 Å². The van der Waals surface area contributed by atoms with E-state index in [4.69, 9.17) is 0 Å². The van der Waals surface area contributed by atoms with Crippen LogP contribution >= 0.6 is 11.3 Å². The molecule has 1 fully saturated rings. The van der Waals surface area contributed by atoms with Gasteiger partial charge in [-0.2, -0.15) is 4.31 Å². The summed E-state index contributed by atoms with van der Waals surface area (Å²) in [6, 6.07) is 3.02.